The van der Waals surface area contributed by atoms with Gasteiger partial charge in [0.2, 0.25) is 5.43 Å². The van der Waals surface area contributed by atoms with Gasteiger partial charge in [-0.05, 0) is 47.9 Å². The second-order valence-electron chi connectivity index (χ2n) is 6.98. The van der Waals surface area contributed by atoms with Crippen molar-refractivity contribution in [1.82, 2.24) is 0 Å². The lowest BCUT2D eigenvalue weighted by atomic mass is 10.0. The molecule has 4 heteroatoms. The van der Waals surface area contributed by atoms with Crippen LogP contribution in [0.5, 0.6) is 11.5 Å². The Balaban J connectivity index is 1.63. The maximum Gasteiger partial charge on any atom is 0.200 e. The number of hydrogen-bond acceptors (Lipinski definition) is 4. The van der Waals surface area contributed by atoms with Crippen LogP contribution in [0, 0.1) is 6.92 Å². The van der Waals surface area contributed by atoms with E-state index < -0.39 is 0 Å². The molecule has 0 aliphatic carbocycles. The van der Waals surface area contributed by atoms with E-state index in [4.69, 9.17) is 13.9 Å². The summed E-state index contributed by atoms with van der Waals surface area (Å²) < 4.78 is 17.1. The number of fused-ring (bicyclic) bond motifs is 1. The summed E-state index contributed by atoms with van der Waals surface area (Å²) in [5, 5.41) is 0.522. The Morgan fingerprint density at radius 1 is 0.967 bits per heavy atom. The highest BCUT2D eigenvalue weighted by molar-refractivity contribution is 5.83. The number of rotatable bonds is 6. The van der Waals surface area contributed by atoms with Gasteiger partial charge >= 0.3 is 0 Å². The Hall–Kier alpha value is -3.79. The Morgan fingerprint density at radius 2 is 1.67 bits per heavy atom. The van der Waals surface area contributed by atoms with Gasteiger partial charge in [-0.3, -0.25) is 4.79 Å². The molecule has 0 aliphatic heterocycles. The molecule has 30 heavy (non-hydrogen) atoms. The fraction of sp³-hybridized carbons (Fsp3) is 0.115. The Labute approximate surface area is 175 Å². The predicted octanol–water partition coefficient (Wildman–Crippen LogP) is 6.00. The number of aryl methyl sites for hydroxylation is 1. The first-order valence-electron chi connectivity index (χ1n) is 9.65. The van der Waals surface area contributed by atoms with Crippen LogP contribution in [0.15, 0.2) is 82.5 Å². The van der Waals surface area contributed by atoms with Crippen LogP contribution >= 0.6 is 0 Å². The molecule has 0 radical (unpaired) electrons. The molecule has 0 spiro atoms. The molecule has 0 aliphatic rings. The highest BCUT2D eigenvalue weighted by atomic mass is 16.5. The van der Waals surface area contributed by atoms with Gasteiger partial charge in [-0.2, -0.15) is 0 Å². The molecule has 0 unspecified atom stereocenters. The number of ether oxygens (including phenoxy) is 2. The van der Waals surface area contributed by atoms with Gasteiger partial charge in [-0.1, -0.05) is 49.1 Å². The summed E-state index contributed by atoms with van der Waals surface area (Å²) in [6.45, 7) is 5.99. The highest BCUT2D eigenvalue weighted by Gasteiger charge is 2.14. The molecule has 4 aromatic rings. The summed E-state index contributed by atoms with van der Waals surface area (Å²) in [5.74, 6) is 1.95. The molecule has 4 nitrogen and oxygen atoms in total. The first-order valence-corrected chi connectivity index (χ1v) is 9.65. The number of benzene rings is 3. The second-order valence-corrected chi connectivity index (χ2v) is 6.98. The minimum absolute atomic E-state index is 0.0644. The fourth-order valence-corrected chi connectivity index (χ4v) is 3.38. The predicted molar refractivity (Wildman–Crippen MR) is 120 cm³/mol. The standard InChI is InChI=1S/C26H22O4/c1-4-18-5-7-19(8-6-18)16-29-22-13-14-23-24(15-22)30-17(2)25(26(23)27)20-9-11-21(28-3)12-10-20/h4-15H,1,16H2,2-3H3. The molecule has 3 aromatic carbocycles. The van der Waals surface area contributed by atoms with Crippen molar-refractivity contribution in [2.24, 2.45) is 0 Å². The van der Waals surface area contributed by atoms with Crippen LogP contribution in [-0.4, -0.2) is 7.11 Å². The maximum atomic E-state index is 13.1. The quantitative estimate of drug-likeness (QED) is 0.400. The summed E-state index contributed by atoms with van der Waals surface area (Å²) in [6, 6.07) is 20.7. The van der Waals surface area contributed by atoms with E-state index in [1.165, 1.54) is 0 Å². The fourth-order valence-electron chi connectivity index (χ4n) is 3.38. The molecule has 1 aromatic heterocycles. The van der Waals surface area contributed by atoms with Crippen LogP contribution in [0.1, 0.15) is 16.9 Å². The average Bonchev–Trinajstić information content (AvgIpc) is 2.78. The summed E-state index contributed by atoms with van der Waals surface area (Å²) >= 11 is 0. The minimum Gasteiger partial charge on any atom is -0.497 e. The Kier molecular flexibility index (Phi) is 5.40. The lowest BCUT2D eigenvalue weighted by Crippen LogP contribution is -2.07. The molecule has 0 fully saturated rings. The van der Waals surface area contributed by atoms with Gasteiger partial charge in [-0.15, -0.1) is 0 Å². The molecule has 0 N–H and O–H groups in total. The number of methoxy groups -OCH3 is 1. The van der Waals surface area contributed by atoms with E-state index in [1.54, 1.807) is 38.3 Å². The zero-order valence-electron chi connectivity index (χ0n) is 17.0. The van der Waals surface area contributed by atoms with E-state index >= 15 is 0 Å². The molecular formula is C26H22O4. The molecule has 0 saturated heterocycles. The minimum atomic E-state index is -0.0644. The van der Waals surface area contributed by atoms with Crippen molar-refractivity contribution >= 4 is 17.0 Å². The van der Waals surface area contributed by atoms with Gasteiger partial charge in [0.1, 0.15) is 29.4 Å². The summed E-state index contributed by atoms with van der Waals surface area (Å²) in [7, 11) is 1.61. The van der Waals surface area contributed by atoms with Crippen LogP contribution in [-0.2, 0) is 6.61 Å². The highest BCUT2D eigenvalue weighted by Crippen LogP contribution is 2.28. The van der Waals surface area contributed by atoms with Gasteiger partial charge in [0.15, 0.2) is 0 Å². The topological polar surface area (TPSA) is 48.7 Å². The molecule has 0 atom stereocenters. The van der Waals surface area contributed by atoms with E-state index in [2.05, 4.69) is 6.58 Å². The molecule has 150 valence electrons. The third-order valence-corrected chi connectivity index (χ3v) is 5.04. The SMILES string of the molecule is C=Cc1ccc(COc2ccc3c(=O)c(-c4ccc(OC)cc4)c(C)oc3c2)cc1. The van der Waals surface area contributed by atoms with Crippen LogP contribution in [0.4, 0.5) is 0 Å². The smallest absolute Gasteiger partial charge is 0.200 e. The normalized spacial score (nSPS) is 10.7. The van der Waals surface area contributed by atoms with Crippen LogP contribution in [0.25, 0.3) is 28.2 Å². The third-order valence-electron chi connectivity index (χ3n) is 5.04. The van der Waals surface area contributed by atoms with Gasteiger partial charge < -0.3 is 13.9 Å². The van der Waals surface area contributed by atoms with E-state index in [-0.39, 0.29) is 5.43 Å². The molecule has 0 bridgehead atoms. The van der Waals surface area contributed by atoms with Gasteiger partial charge in [0.25, 0.3) is 0 Å². The van der Waals surface area contributed by atoms with Gasteiger partial charge in [0.05, 0.1) is 18.1 Å². The lowest BCUT2D eigenvalue weighted by molar-refractivity contribution is 0.306. The van der Waals surface area contributed by atoms with Crippen LogP contribution < -0.4 is 14.9 Å². The van der Waals surface area contributed by atoms with Crippen LogP contribution in [0.2, 0.25) is 0 Å². The van der Waals surface area contributed by atoms with Gasteiger partial charge in [0, 0.05) is 6.07 Å². The first-order chi connectivity index (χ1) is 14.6. The third kappa shape index (κ3) is 3.85. The number of hydrogen-bond donors (Lipinski definition) is 0. The molecule has 0 saturated carbocycles. The van der Waals surface area contributed by atoms with Crippen LogP contribution in [0.3, 0.4) is 0 Å². The zero-order chi connectivity index (χ0) is 21.1. The largest absolute Gasteiger partial charge is 0.497 e. The van der Waals surface area contributed by atoms with Crippen molar-refractivity contribution in [3.8, 4) is 22.6 Å². The van der Waals surface area contributed by atoms with Crippen molar-refractivity contribution in [1.29, 1.82) is 0 Å². The van der Waals surface area contributed by atoms with E-state index in [1.807, 2.05) is 48.5 Å². The van der Waals surface area contributed by atoms with Crippen molar-refractivity contribution in [3.63, 3.8) is 0 Å². The molecule has 0 amide bonds. The maximum absolute atomic E-state index is 13.1. The molecule has 4 rings (SSSR count). The van der Waals surface area contributed by atoms with E-state index in [0.717, 1.165) is 22.4 Å². The van der Waals surface area contributed by atoms with Crippen molar-refractivity contribution in [3.05, 3.63) is 100 Å². The summed E-state index contributed by atoms with van der Waals surface area (Å²) in [4.78, 5) is 13.1. The zero-order valence-corrected chi connectivity index (χ0v) is 17.0. The first kappa shape index (κ1) is 19.5. The summed E-state index contributed by atoms with van der Waals surface area (Å²) in [5.41, 5.74) is 3.91. The lowest BCUT2D eigenvalue weighted by Gasteiger charge is -2.10. The Bertz CT molecular complexity index is 1250. The molecule has 1 heterocycles. The van der Waals surface area contributed by atoms with Crippen molar-refractivity contribution in [2.75, 3.05) is 7.11 Å². The monoisotopic (exact) mass is 398 g/mol. The average molecular weight is 398 g/mol. The summed E-state index contributed by atoms with van der Waals surface area (Å²) in [6.07, 6.45) is 1.80. The van der Waals surface area contributed by atoms with Crippen molar-refractivity contribution < 1.29 is 13.9 Å². The Morgan fingerprint density at radius 3 is 2.33 bits per heavy atom. The van der Waals surface area contributed by atoms with Gasteiger partial charge in [-0.25, -0.2) is 0 Å². The molecular weight excluding hydrogens is 376 g/mol. The second kappa shape index (κ2) is 8.29. The van der Waals surface area contributed by atoms with E-state index in [0.29, 0.717) is 34.6 Å². The van der Waals surface area contributed by atoms with E-state index in [9.17, 15) is 4.79 Å². The van der Waals surface area contributed by atoms with Crippen molar-refractivity contribution in [2.45, 2.75) is 13.5 Å².